The van der Waals surface area contributed by atoms with Crippen LogP contribution < -0.4 is 10.2 Å². The summed E-state index contributed by atoms with van der Waals surface area (Å²) in [4.78, 5) is 7.11. The van der Waals surface area contributed by atoms with E-state index >= 15 is 0 Å². The number of hydrogen-bond donors (Lipinski definition) is 1. The summed E-state index contributed by atoms with van der Waals surface area (Å²) in [6.45, 7) is 6.17. The molecule has 1 saturated heterocycles. The monoisotopic (exact) mass is 430 g/mol. The Morgan fingerprint density at radius 3 is 2.56 bits per heavy atom. The third kappa shape index (κ3) is 5.06. The number of piperidine rings is 1. The van der Waals surface area contributed by atoms with Gasteiger partial charge in [0.2, 0.25) is 0 Å². The highest BCUT2D eigenvalue weighted by Gasteiger charge is 2.23. The van der Waals surface area contributed by atoms with Crippen molar-refractivity contribution in [3.05, 3.63) is 70.8 Å². The Bertz CT molecular complexity index is 1060. The lowest BCUT2D eigenvalue weighted by Crippen LogP contribution is -2.41. The molecule has 4 rings (SSSR count). The minimum Gasteiger partial charge on any atom is -0.328 e. The van der Waals surface area contributed by atoms with Gasteiger partial charge >= 0.3 is 0 Å². The topological polar surface area (TPSA) is 21.8 Å². The van der Waals surface area contributed by atoms with Gasteiger partial charge in [-0.25, -0.2) is 4.39 Å². The molecule has 0 aliphatic carbocycles. The average Bonchev–Trinajstić information content (AvgIpc) is 2.80. The molecule has 0 aromatic heterocycles. The molecule has 1 N–H and O–H groups in total. The van der Waals surface area contributed by atoms with Crippen molar-refractivity contribution in [1.29, 1.82) is 0 Å². The number of fused-ring (bicyclic) bond motifs is 1. The molecule has 0 atom stereocenters. The van der Waals surface area contributed by atoms with Crippen LogP contribution in [0.1, 0.15) is 30.9 Å². The van der Waals surface area contributed by atoms with Crippen molar-refractivity contribution in [1.82, 2.24) is 9.80 Å². The molecule has 32 heavy (non-hydrogen) atoms. The fraction of sp³-hybridized carbons (Fsp3) is 0.370. The molecule has 1 fully saturated rings. The number of rotatable bonds is 5. The van der Waals surface area contributed by atoms with E-state index in [1.807, 2.05) is 0 Å². The first-order chi connectivity index (χ1) is 15.5. The summed E-state index contributed by atoms with van der Waals surface area (Å²) in [6.07, 6.45) is 4.52. The largest absolute Gasteiger partial charge is 0.328 e. The second-order valence-electron chi connectivity index (χ2n) is 8.58. The van der Waals surface area contributed by atoms with Crippen LogP contribution in [0.3, 0.4) is 0 Å². The van der Waals surface area contributed by atoms with Crippen molar-refractivity contribution in [2.45, 2.75) is 32.4 Å². The molecule has 0 bridgehead atoms. The standard InChI is InChI=1S/C27H31FN4/c1-4-32-25(14-17-29-23-10-8-22(28)9-11-23)12-13-26-21(6-5-7-27(26)32)20-31-18-15-24(16-19-31)30(2)3/h5-11,13,24,29H,4,15-16,18-20H2,1-3H3. The summed E-state index contributed by atoms with van der Waals surface area (Å²) in [6, 6.07) is 16.4. The zero-order chi connectivity index (χ0) is 22.5. The van der Waals surface area contributed by atoms with Crippen molar-refractivity contribution in [3.63, 3.8) is 0 Å². The summed E-state index contributed by atoms with van der Waals surface area (Å²) >= 11 is 0. The predicted octanol–water partition coefficient (Wildman–Crippen LogP) is 4.76. The van der Waals surface area contributed by atoms with Gasteiger partial charge in [0.25, 0.3) is 0 Å². The van der Waals surface area contributed by atoms with E-state index in [1.54, 1.807) is 12.1 Å². The van der Waals surface area contributed by atoms with E-state index in [0.29, 0.717) is 6.04 Å². The lowest BCUT2D eigenvalue weighted by atomic mass is 9.99. The molecule has 0 radical (unpaired) electrons. The number of allylic oxidation sites excluding steroid dienone is 1. The molecule has 0 amide bonds. The Labute approximate surface area is 191 Å². The van der Waals surface area contributed by atoms with Gasteiger partial charge in [-0.05, 0) is 94.8 Å². The van der Waals surface area contributed by atoms with E-state index in [1.165, 1.54) is 41.8 Å². The quantitative estimate of drug-likeness (QED) is 0.419. The van der Waals surface area contributed by atoms with Crippen molar-refractivity contribution >= 4 is 17.5 Å². The van der Waals surface area contributed by atoms with E-state index in [4.69, 9.17) is 0 Å². The third-order valence-corrected chi connectivity index (χ3v) is 6.32. The fourth-order valence-corrected chi connectivity index (χ4v) is 4.44. The first-order valence-electron chi connectivity index (χ1n) is 11.3. The number of likely N-dealkylation sites (tertiary alicyclic amines) is 1. The molecule has 5 heteroatoms. The van der Waals surface area contributed by atoms with E-state index < -0.39 is 0 Å². The lowest BCUT2D eigenvalue weighted by molar-refractivity contribution is 0.140. The van der Waals surface area contributed by atoms with Crippen LogP contribution >= 0.6 is 0 Å². The summed E-state index contributed by atoms with van der Waals surface area (Å²) < 4.78 is 13.1. The normalized spacial score (nSPS) is 16.4. The molecule has 166 valence electrons. The van der Waals surface area contributed by atoms with Gasteiger partial charge in [0.05, 0.1) is 5.69 Å². The molecule has 2 heterocycles. The summed E-state index contributed by atoms with van der Waals surface area (Å²) in [5, 5.41) is 3.03. The van der Waals surface area contributed by atoms with Gasteiger partial charge in [-0.1, -0.05) is 17.9 Å². The number of anilines is 2. The van der Waals surface area contributed by atoms with Gasteiger partial charge in [0.1, 0.15) is 11.5 Å². The molecule has 4 nitrogen and oxygen atoms in total. The van der Waals surface area contributed by atoms with Crippen LogP contribution in [-0.4, -0.2) is 49.6 Å². The summed E-state index contributed by atoms with van der Waals surface area (Å²) in [7, 11) is 4.36. The van der Waals surface area contributed by atoms with Gasteiger partial charge in [0.15, 0.2) is 0 Å². The molecule has 0 unspecified atom stereocenters. The zero-order valence-electron chi connectivity index (χ0n) is 19.2. The molecular formula is C27H31FN4. The van der Waals surface area contributed by atoms with E-state index in [0.717, 1.165) is 37.6 Å². The second kappa shape index (κ2) is 10.1. The Balaban J connectivity index is 1.50. The number of benzene rings is 2. The minimum absolute atomic E-state index is 0.256. The van der Waals surface area contributed by atoms with Crippen molar-refractivity contribution in [2.75, 3.05) is 43.9 Å². The van der Waals surface area contributed by atoms with Crippen LogP contribution in [0.2, 0.25) is 0 Å². The Hall–Kier alpha value is -3.03. The summed E-state index contributed by atoms with van der Waals surface area (Å²) in [5.74, 6) is 2.92. The lowest BCUT2D eigenvalue weighted by Gasteiger charge is -2.36. The maximum atomic E-state index is 13.1. The first kappa shape index (κ1) is 22.2. The van der Waals surface area contributed by atoms with E-state index in [-0.39, 0.29) is 5.82 Å². The number of nitrogens with one attached hydrogen (secondary N) is 1. The highest BCUT2D eigenvalue weighted by atomic mass is 19.1. The number of nitrogens with zero attached hydrogens (tertiary/aromatic N) is 3. The molecule has 0 saturated carbocycles. The smallest absolute Gasteiger partial charge is 0.138 e. The second-order valence-corrected chi connectivity index (χ2v) is 8.58. The van der Waals surface area contributed by atoms with Crippen LogP contribution in [-0.2, 0) is 6.54 Å². The molecule has 0 spiro atoms. The van der Waals surface area contributed by atoms with Crippen molar-refractivity contribution < 1.29 is 4.39 Å². The Kier molecular flexibility index (Phi) is 6.97. The summed E-state index contributed by atoms with van der Waals surface area (Å²) in [5.41, 5.74) is 8.75. The van der Waals surface area contributed by atoms with Crippen LogP contribution in [0.25, 0.3) is 6.08 Å². The highest BCUT2D eigenvalue weighted by Crippen LogP contribution is 2.32. The maximum absolute atomic E-state index is 13.1. The molecule has 2 aromatic carbocycles. The SMILES string of the molecule is CCN1C(C#CNc2ccc(F)cc2)=C=Cc2c(CN3CCC(N(C)C)CC3)cccc21. The molecule has 2 aromatic rings. The average molecular weight is 431 g/mol. The third-order valence-electron chi connectivity index (χ3n) is 6.32. The van der Waals surface area contributed by atoms with Crippen LogP contribution in [0.4, 0.5) is 15.8 Å². The number of hydrogen-bond acceptors (Lipinski definition) is 4. The maximum Gasteiger partial charge on any atom is 0.138 e. The Morgan fingerprint density at radius 1 is 1.12 bits per heavy atom. The molecule has 2 aliphatic rings. The van der Waals surface area contributed by atoms with Crippen molar-refractivity contribution in [3.8, 4) is 12.0 Å². The molecule has 2 aliphatic heterocycles. The minimum atomic E-state index is -0.256. The van der Waals surface area contributed by atoms with Gasteiger partial charge in [-0.15, -0.1) is 0 Å². The van der Waals surface area contributed by atoms with E-state index in [2.05, 4.69) is 83.0 Å². The van der Waals surface area contributed by atoms with Crippen molar-refractivity contribution in [2.24, 2.45) is 0 Å². The van der Waals surface area contributed by atoms with E-state index in [9.17, 15) is 4.39 Å². The van der Waals surface area contributed by atoms with Gasteiger partial charge in [-0.3, -0.25) is 4.90 Å². The van der Waals surface area contributed by atoms with Crippen LogP contribution in [0, 0.1) is 17.8 Å². The fourth-order valence-electron chi connectivity index (χ4n) is 4.44. The first-order valence-corrected chi connectivity index (χ1v) is 11.3. The van der Waals surface area contributed by atoms with Gasteiger partial charge in [-0.2, -0.15) is 0 Å². The van der Waals surface area contributed by atoms with Gasteiger partial charge < -0.3 is 15.1 Å². The van der Waals surface area contributed by atoms with Crippen LogP contribution in [0.15, 0.2) is 53.9 Å². The van der Waals surface area contributed by atoms with Crippen LogP contribution in [0.5, 0.6) is 0 Å². The Morgan fingerprint density at radius 2 is 1.88 bits per heavy atom. The van der Waals surface area contributed by atoms with Gasteiger partial charge in [0, 0.05) is 36.4 Å². The predicted molar refractivity (Wildman–Crippen MR) is 131 cm³/mol. The highest BCUT2D eigenvalue weighted by molar-refractivity contribution is 5.77. The molecular weight excluding hydrogens is 399 g/mol. The zero-order valence-corrected chi connectivity index (χ0v) is 19.2. The number of halogens is 1.